The van der Waals surface area contributed by atoms with Crippen LogP contribution >= 0.6 is 0 Å². The number of ether oxygens (including phenoxy) is 1. The molecule has 0 heterocycles. The largest absolute Gasteiger partial charge is 0.480 e. The summed E-state index contributed by atoms with van der Waals surface area (Å²) in [5.74, 6) is -1.11. The molecule has 18 heavy (non-hydrogen) atoms. The molecule has 0 saturated carbocycles. The predicted molar refractivity (Wildman–Crippen MR) is 62.8 cm³/mol. The van der Waals surface area contributed by atoms with Gasteiger partial charge in [-0.2, -0.15) is 8.42 Å². The lowest BCUT2D eigenvalue weighted by atomic mass is 10.2. The van der Waals surface area contributed by atoms with Crippen molar-refractivity contribution >= 4 is 16.1 Å². The van der Waals surface area contributed by atoms with Gasteiger partial charge in [0.1, 0.15) is 6.61 Å². The second kappa shape index (κ2) is 6.48. The van der Waals surface area contributed by atoms with E-state index in [1.807, 2.05) is 0 Å². The van der Waals surface area contributed by atoms with Gasteiger partial charge in [0.15, 0.2) is 0 Å². The molecule has 1 aromatic carbocycles. The van der Waals surface area contributed by atoms with Crippen LogP contribution in [-0.2, 0) is 23.8 Å². The van der Waals surface area contributed by atoms with Crippen LogP contribution in [0.25, 0.3) is 0 Å². The van der Waals surface area contributed by atoms with E-state index >= 15 is 0 Å². The molecule has 0 unspecified atom stereocenters. The van der Waals surface area contributed by atoms with Gasteiger partial charge in [0.25, 0.3) is 10.1 Å². The van der Waals surface area contributed by atoms with Gasteiger partial charge in [-0.3, -0.25) is 4.18 Å². The van der Waals surface area contributed by atoms with Crippen LogP contribution in [0.2, 0.25) is 0 Å². The maximum Gasteiger partial charge on any atom is 0.329 e. The van der Waals surface area contributed by atoms with Crippen LogP contribution in [0.4, 0.5) is 0 Å². The summed E-state index contributed by atoms with van der Waals surface area (Å²) in [6, 6.07) is 6.44. The summed E-state index contributed by atoms with van der Waals surface area (Å²) in [5, 5.41) is 8.30. The van der Waals surface area contributed by atoms with E-state index in [1.165, 1.54) is 6.07 Å². The van der Waals surface area contributed by atoms with Gasteiger partial charge in [0, 0.05) is 0 Å². The zero-order valence-corrected chi connectivity index (χ0v) is 10.6. The van der Waals surface area contributed by atoms with Crippen molar-refractivity contribution < 1.29 is 27.2 Å². The van der Waals surface area contributed by atoms with E-state index < -0.39 is 22.7 Å². The Morgan fingerprint density at radius 3 is 2.56 bits per heavy atom. The molecule has 0 saturated heterocycles. The van der Waals surface area contributed by atoms with Crippen LogP contribution < -0.4 is 0 Å². The molecule has 0 amide bonds. The predicted octanol–water partition coefficient (Wildman–Crippen LogP) is 0.802. The molecule has 100 valence electrons. The minimum atomic E-state index is -3.82. The molecule has 0 aliphatic heterocycles. The average Bonchev–Trinajstić information content (AvgIpc) is 2.28. The van der Waals surface area contributed by atoms with Crippen molar-refractivity contribution in [1.29, 1.82) is 0 Å². The highest BCUT2D eigenvalue weighted by Crippen LogP contribution is 2.16. The number of hydrogen-bond donors (Lipinski definition) is 1. The molecule has 1 aromatic rings. The third-order valence-electron chi connectivity index (χ3n) is 2.05. The number of carbonyl (C=O) groups is 1. The Hall–Kier alpha value is -1.44. The van der Waals surface area contributed by atoms with Crippen LogP contribution in [0, 0.1) is 6.92 Å². The summed E-state index contributed by atoms with van der Waals surface area (Å²) in [4.78, 5) is 10.2. The summed E-state index contributed by atoms with van der Waals surface area (Å²) in [6.45, 7) is 0.867. The Bertz CT molecular complexity index is 508. The average molecular weight is 274 g/mol. The molecule has 0 atom stereocenters. The zero-order valence-electron chi connectivity index (χ0n) is 9.83. The highest BCUT2D eigenvalue weighted by atomic mass is 32.2. The normalized spacial score (nSPS) is 11.4. The highest BCUT2D eigenvalue weighted by Gasteiger charge is 2.16. The monoisotopic (exact) mass is 274 g/mol. The van der Waals surface area contributed by atoms with Gasteiger partial charge in [-0.25, -0.2) is 4.79 Å². The number of carboxylic acids is 1. The number of aliphatic carboxylic acids is 1. The Kier molecular flexibility index (Phi) is 5.26. The Balaban J connectivity index is 2.51. The first-order valence-electron chi connectivity index (χ1n) is 5.18. The van der Waals surface area contributed by atoms with Crippen molar-refractivity contribution in [2.24, 2.45) is 0 Å². The summed E-state index contributed by atoms with van der Waals surface area (Å²) in [5.41, 5.74) is 0.587. The van der Waals surface area contributed by atoms with Gasteiger partial charge in [-0.1, -0.05) is 18.2 Å². The highest BCUT2D eigenvalue weighted by molar-refractivity contribution is 7.86. The van der Waals surface area contributed by atoms with Crippen molar-refractivity contribution in [2.45, 2.75) is 11.8 Å². The van der Waals surface area contributed by atoms with E-state index in [-0.39, 0.29) is 18.1 Å². The fourth-order valence-electron chi connectivity index (χ4n) is 1.26. The molecule has 0 bridgehead atoms. The van der Waals surface area contributed by atoms with E-state index in [0.717, 1.165) is 0 Å². The van der Waals surface area contributed by atoms with Crippen LogP contribution in [-0.4, -0.2) is 39.3 Å². The van der Waals surface area contributed by atoms with E-state index in [1.54, 1.807) is 25.1 Å². The quantitative estimate of drug-likeness (QED) is 0.584. The molecule has 0 spiro atoms. The van der Waals surface area contributed by atoms with Gasteiger partial charge in [0.05, 0.1) is 18.1 Å². The van der Waals surface area contributed by atoms with Crippen LogP contribution in [0.5, 0.6) is 0 Å². The van der Waals surface area contributed by atoms with Crippen LogP contribution in [0.15, 0.2) is 29.2 Å². The van der Waals surface area contributed by atoms with Gasteiger partial charge >= 0.3 is 5.97 Å². The molecule has 0 radical (unpaired) electrons. The Morgan fingerprint density at radius 2 is 1.94 bits per heavy atom. The topological polar surface area (TPSA) is 89.9 Å². The van der Waals surface area contributed by atoms with Crippen molar-refractivity contribution in [3.63, 3.8) is 0 Å². The molecule has 0 aromatic heterocycles. The fourth-order valence-corrected chi connectivity index (χ4v) is 2.38. The Labute approximate surface area is 105 Å². The number of rotatable bonds is 7. The lowest BCUT2D eigenvalue weighted by Gasteiger charge is -2.07. The first kappa shape index (κ1) is 14.6. The lowest BCUT2D eigenvalue weighted by Crippen LogP contribution is -2.15. The zero-order chi connectivity index (χ0) is 13.6. The van der Waals surface area contributed by atoms with E-state index in [2.05, 4.69) is 4.74 Å². The van der Waals surface area contributed by atoms with Gasteiger partial charge in [-0.05, 0) is 18.6 Å². The van der Waals surface area contributed by atoms with Crippen molar-refractivity contribution in [3.05, 3.63) is 29.8 Å². The fraction of sp³-hybridized carbons (Fsp3) is 0.364. The molecule has 1 N–H and O–H groups in total. The molecule has 0 aliphatic rings. The second-order valence-corrected chi connectivity index (χ2v) is 5.07. The Morgan fingerprint density at radius 1 is 1.28 bits per heavy atom. The molecule has 6 nitrogen and oxygen atoms in total. The van der Waals surface area contributed by atoms with Gasteiger partial charge in [0.2, 0.25) is 0 Å². The standard InChI is InChI=1S/C11H14O6S/c1-9-4-2-3-5-10(9)18(14,15)17-7-6-16-8-11(12)13/h2-5H,6-8H2,1H3,(H,12,13). The van der Waals surface area contributed by atoms with Crippen molar-refractivity contribution in [2.75, 3.05) is 19.8 Å². The summed E-state index contributed by atoms with van der Waals surface area (Å²) >= 11 is 0. The molecule has 7 heteroatoms. The van der Waals surface area contributed by atoms with Gasteiger partial charge in [-0.15, -0.1) is 0 Å². The van der Waals surface area contributed by atoms with Crippen molar-refractivity contribution in [1.82, 2.24) is 0 Å². The summed E-state index contributed by atoms with van der Waals surface area (Å²) < 4.78 is 32.9. The van der Waals surface area contributed by atoms with Gasteiger partial charge < -0.3 is 9.84 Å². The van der Waals surface area contributed by atoms with E-state index in [0.29, 0.717) is 5.56 Å². The smallest absolute Gasteiger partial charge is 0.329 e. The summed E-state index contributed by atoms with van der Waals surface area (Å²) in [7, 11) is -3.82. The number of hydrogen-bond acceptors (Lipinski definition) is 5. The minimum absolute atomic E-state index is 0.0998. The molecular weight excluding hydrogens is 260 g/mol. The lowest BCUT2D eigenvalue weighted by molar-refractivity contribution is -0.142. The van der Waals surface area contributed by atoms with Crippen molar-refractivity contribution in [3.8, 4) is 0 Å². The second-order valence-electron chi connectivity index (χ2n) is 3.49. The maximum absolute atomic E-state index is 11.8. The molecular formula is C11H14O6S. The third kappa shape index (κ3) is 4.44. The van der Waals surface area contributed by atoms with Crippen LogP contribution in [0.3, 0.4) is 0 Å². The SMILES string of the molecule is Cc1ccccc1S(=O)(=O)OCCOCC(=O)O. The third-order valence-corrected chi connectivity index (χ3v) is 3.53. The summed E-state index contributed by atoms with van der Waals surface area (Å²) in [6.07, 6.45) is 0. The van der Waals surface area contributed by atoms with Crippen LogP contribution in [0.1, 0.15) is 5.56 Å². The number of aryl methyl sites for hydroxylation is 1. The minimum Gasteiger partial charge on any atom is -0.480 e. The van der Waals surface area contributed by atoms with E-state index in [9.17, 15) is 13.2 Å². The maximum atomic E-state index is 11.8. The molecule has 0 aliphatic carbocycles. The number of benzene rings is 1. The molecule has 1 rings (SSSR count). The molecule has 0 fully saturated rings. The first-order valence-corrected chi connectivity index (χ1v) is 6.59. The van der Waals surface area contributed by atoms with E-state index in [4.69, 9.17) is 9.29 Å². The number of carboxylic acid groups (broad SMARTS) is 1. The first-order chi connectivity index (χ1) is 8.43.